The van der Waals surface area contributed by atoms with Gasteiger partial charge in [-0.15, -0.1) is 0 Å². The van der Waals surface area contributed by atoms with Gasteiger partial charge in [0.05, 0.1) is 0 Å². The number of carboxylic acids is 1. The van der Waals surface area contributed by atoms with Crippen molar-refractivity contribution in [3.05, 3.63) is 34.3 Å². The summed E-state index contributed by atoms with van der Waals surface area (Å²) in [6, 6.07) is 7.36. The molecule has 0 aliphatic rings. The van der Waals surface area contributed by atoms with Crippen molar-refractivity contribution >= 4 is 33.7 Å². The molecule has 0 aliphatic heterocycles. The minimum absolute atomic E-state index is 0.510. The summed E-state index contributed by atoms with van der Waals surface area (Å²) in [5.74, 6) is 0.729. The molecule has 0 unspecified atom stereocenters. The van der Waals surface area contributed by atoms with E-state index in [4.69, 9.17) is 10.8 Å². The van der Waals surface area contributed by atoms with Gasteiger partial charge in [-0.05, 0) is 29.9 Å². The van der Waals surface area contributed by atoms with E-state index in [0.29, 0.717) is 6.42 Å². The van der Waals surface area contributed by atoms with Crippen LogP contribution in [-0.2, 0) is 10.5 Å². The van der Waals surface area contributed by atoms with Gasteiger partial charge in [-0.25, -0.2) is 0 Å². The summed E-state index contributed by atoms with van der Waals surface area (Å²) in [4.78, 5) is 10.5. The number of aliphatic carboxylic acids is 1. The number of nitrogens with two attached hydrogens (primary N) is 1. The number of halogens is 1. The highest BCUT2D eigenvalue weighted by atomic mass is 79.9. The normalized spacial score (nSPS) is 12.4. The Morgan fingerprint density at radius 2 is 2.06 bits per heavy atom. The molecule has 0 aromatic heterocycles. The molecule has 1 atom stereocenters. The van der Waals surface area contributed by atoms with Crippen LogP contribution in [0.3, 0.4) is 0 Å². The zero-order chi connectivity index (χ0) is 12.0. The fourth-order valence-corrected chi connectivity index (χ4v) is 2.36. The van der Waals surface area contributed by atoms with E-state index >= 15 is 0 Å². The topological polar surface area (TPSA) is 63.3 Å². The second-order valence-corrected chi connectivity index (χ2v) is 5.43. The van der Waals surface area contributed by atoms with Crippen molar-refractivity contribution in [3.8, 4) is 0 Å². The molecule has 0 saturated carbocycles. The van der Waals surface area contributed by atoms with Gasteiger partial charge in [0.1, 0.15) is 6.04 Å². The van der Waals surface area contributed by atoms with Crippen LogP contribution in [0.25, 0.3) is 0 Å². The maximum atomic E-state index is 10.5. The number of hydrogen-bond donors (Lipinski definition) is 2. The number of benzene rings is 1. The first kappa shape index (κ1) is 13.5. The van der Waals surface area contributed by atoms with Crippen molar-refractivity contribution in [1.82, 2.24) is 0 Å². The average Bonchev–Trinajstić information content (AvgIpc) is 2.26. The summed E-state index contributed by atoms with van der Waals surface area (Å²) >= 11 is 5.07. The molecule has 0 radical (unpaired) electrons. The molecule has 0 amide bonds. The highest BCUT2D eigenvalue weighted by Gasteiger charge is 2.10. The van der Waals surface area contributed by atoms with E-state index in [9.17, 15) is 4.79 Å². The van der Waals surface area contributed by atoms with Crippen LogP contribution in [0.5, 0.6) is 0 Å². The van der Waals surface area contributed by atoms with E-state index in [1.807, 2.05) is 24.3 Å². The molecule has 3 N–H and O–H groups in total. The van der Waals surface area contributed by atoms with Gasteiger partial charge >= 0.3 is 5.97 Å². The lowest BCUT2D eigenvalue weighted by Crippen LogP contribution is -2.30. The van der Waals surface area contributed by atoms with Gasteiger partial charge in [-0.2, -0.15) is 11.8 Å². The van der Waals surface area contributed by atoms with Gasteiger partial charge in [0.15, 0.2) is 0 Å². The number of hydrogen-bond acceptors (Lipinski definition) is 3. The van der Waals surface area contributed by atoms with Gasteiger partial charge < -0.3 is 10.8 Å². The smallest absolute Gasteiger partial charge is 0.320 e. The Bertz CT molecular complexity index is 342. The van der Waals surface area contributed by atoms with E-state index in [2.05, 4.69) is 15.9 Å². The van der Waals surface area contributed by atoms with Gasteiger partial charge in [-0.1, -0.05) is 28.1 Å². The lowest BCUT2D eigenvalue weighted by atomic mass is 10.2. The first-order chi connectivity index (χ1) is 7.59. The Labute approximate surface area is 108 Å². The fraction of sp³-hybridized carbons (Fsp3) is 0.364. The zero-order valence-corrected chi connectivity index (χ0v) is 11.1. The lowest BCUT2D eigenvalue weighted by Gasteiger charge is -2.05. The predicted molar refractivity (Wildman–Crippen MR) is 70.5 cm³/mol. The third-order valence-corrected chi connectivity index (χ3v) is 3.66. The molecular formula is C11H14BrNO2S. The number of carbonyl (C=O) groups is 1. The second kappa shape index (κ2) is 6.93. The molecule has 16 heavy (non-hydrogen) atoms. The summed E-state index contributed by atoms with van der Waals surface area (Å²) in [5.41, 5.74) is 6.63. The SMILES string of the molecule is N[C@H](CCSCc1ccc(Br)cc1)C(=O)O. The van der Waals surface area contributed by atoms with Crippen LogP contribution < -0.4 is 5.73 Å². The molecule has 1 aromatic carbocycles. The van der Waals surface area contributed by atoms with Crippen LogP contribution in [0, 0.1) is 0 Å². The van der Waals surface area contributed by atoms with E-state index in [0.717, 1.165) is 16.0 Å². The molecule has 0 spiro atoms. The fourth-order valence-electron chi connectivity index (χ4n) is 1.10. The Morgan fingerprint density at radius 1 is 1.44 bits per heavy atom. The van der Waals surface area contributed by atoms with Crippen LogP contribution in [-0.4, -0.2) is 22.9 Å². The predicted octanol–water partition coefficient (Wildman–Crippen LogP) is 2.48. The summed E-state index contributed by atoms with van der Waals surface area (Å²) in [7, 11) is 0. The third-order valence-electron chi connectivity index (χ3n) is 2.07. The quantitative estimate of drug-likeness (QED) is 0.793. The van der Waals surface area contributed by atoms with Gasteiger partial charge in [0.2, 0.25) is 0 Å². The van der Waals surface area contributed by atoms with E-state index in [-0.39, 0.29) is 0 Å². The van der Waals surface area contributed by atoms with Crippen LogP contribution in [0.4, 0.5) is 0 Å². The largest absolute Gasteiger partial charge is 0.480 e. The molecule has 0 saturated heterocycles. The molecule has 1 aromatic rings. The standard InChI is InChI=1S/C11H14BrNO2S/c12-9-3-1-8(2-4-9)7-16-6-5-10(13)11(14)15/h1-4,10H,5-7,13H2,(H,14,15)/t10-/m1/s1. The van der Waals surface area contributed by atoms with E-state index in [1.54, 1.807) is 11.8 Å². The maximum absolute atomic E-state index is 10.5. The third kappa shape index (κ3) is 5.01. The Morgan fingerprint density at radius 3 is 2.62 bits per heavy atom. The van der Waals surface area contributed by atoms with Crippen LogP contribution in [0.1, 0.15) is 12.0 Å². The summed E-state index contributed by atoms with van der Waals surface area (Å²) in [6.07, 6.45) is 0.510. The van der Waals surface area contributed by atoms with Crippen molar-refractivity contribution < 1.29 is 9.90 Å². The van der Waals surface area contributed by atoms with Crippen molar-refractivity contribution in [2.75, 3.05) is 5.75 Å². The summed E-state index contributed by atoms with van der Waals surface area (Å²) < 4.78 is 1.06. The minimum Gasteiger partial charge on any atom is -0.480 e. The lowest BCUT2D eigenvalue weighted by molar-refractivity contribution is -0.138. The minimum atomic E-state index is -0.927. The summed E-state index contributed by atoms with van der Waals surface area (Å²) in [5, 5.41) is 8.59. The van der Waals surface area contributed by atoms with Crippen molar-refractivity contribution in [2.24, 2.45) is 5.73 Å². The van der Waals surface area contributed by atoms with Crippen molar-refractivity contribution in [3.63, 3.8) is 0 Å². The average molecular weight is 304 g/mol. The molecule has 3 nitrogen and oxygen atoms in total. The van der Waals surface area contributed by atoms with Crippen molar-refractivity contribution in [2.45, 2.75) is 18.2 Å². The first-order valence-corrected chi connectivity index (χ1v) is 6.85. The molecule has 88 valence electrons. The van der Waals surface area contributed by atoms with Gasteiger partial charge in [-0.3, -0.25) is 4.79 Å². The van der Waals surface area contributed by atoms with Gasteiger partial charge in [0, 0.05) is 10.2 Å². The second-order valence-electron chi connectivity index (χ2n) is 3.41. The molecule has 0 aliphatic carbocycles. The first-order valence-electron chi connectivity index (χ1n) is 4.90. The van der Waals surface area contributed by atoms with Crippen molar-refractivity contribution in [1.29, 1.82) is 0 Å². The number of carboxylic acid groups (broad SMARTS) is 1. The molecular weight excluding hydrogens is 290 g/mol. The maximum Gasteiger partial charge on any atom is 0.320 e. The highest BCUT2D eigenvalue weighted by Crippen LogP contribution is 2.16. The monoisotopic (exact) mass is 303 g/mol. The number of thioether (sulfide) groups is 1. The molecule has 0 fully saturated rings. The van der Waals surface area contributed by atoms with Crippen LogP contribution >= 0.6 is 27.7 Å². The number of rotatable bonds is 6. The zero-order valence-electron chi connectivity index (χ0n) is 8.73. The summed E-state index contributed by atoms with van der Waals surface area (Å²) in [6.45, 7) is 0. The van der Waals surface area contributed by atoms with E-state index in [1.165, 1.54) is 5.56 Å². The van der Waals surface area contributed by atoms with E-state index < -0.39 is 12.0 Å². The Hall–Kier alpha value is -0.520. The Balaban J connectivity index is 2.21. The van der Waals surface area contributed by atoms with Crippen LogP contribution in [0.2, 0.25) is 0 Å². The molecule has 1 rings (SSSR count). The Kier molecular flexibility index (Phi) is 5.87. The van der Waals surface area contributed by atoms with Crippen LogP contribution in [0.15, 0.2) is 28.7 Å². The molecule has 5 heteroatoms. The molecule has 0 bridgehead atoms. The molecule has 0 heterocycles. The highest BCUT2D eigenvalue weighted by molar-refractivity contribution is 9.10. The van der Waals surface area contributed by atoms with Gasteiger partial charge in [0.25, 0.3) is 0 Å².